The molecule has 0 saturated heterocycles. The van der Waals surface area contributed by atoms with E-state index in [9.17, 15) is 9.90 Å². The van der Waals surface area contributed by atoms with Gasteiger partial charge in [-0.25, -0.2) is 0 Å². The first-order chi connectivity index (χ1) is 9.59. The number of aliphatic carboxylic acids is 1. The normalized spacial score (nSPS) is 32.1. The Bertz CT molecular complexity index is 305. The zero-order valence-electron chi connectivity index (χ0n) is 12.4. The first-order valence-corrected chi connectivity index (χ1v) is 8.25. The Balaban J connectivity index is 1.60. The van der Waals surface area contributed by atoms with Crippen LogP contribution in [0.5, 0.6) is 0 Å². The number of rotatable bonds is 6. The van der Waals surface area contributed by atoms with Gasteiger partial charge in [0.1, 0.15) is 0 Å². The number of carbonyl (C=O) groups is 1. The van der Waals surface area contributed by atoms with E-state index in [-0.39, 0.29) is 5.92 Å². The maximum Gasteiger partial charge on any atom is 0.306 e. The lowest BCUT2D eigenvalue weighted by Crippen LogP contribution is -2.44. The van der Waals surface area contributed by atoms with Crippen LogP contribution in [0.2, 0.25) is 0 Å². The van der Waals surface area contributed by atoms with Crippen molar-refractivity contribution in [1.82, 2.24) is 5.32 Å². The van der Waals surface area contributed by atoms with Crippen LogP contribution < -0.4 is 5.32 Å². The summed E-state index contributed by atoms with van der Waals surface area (Å²) in [6.07, 6.45) is 10.5. The van der Waals surface area contributed by atoms with E-state index in [1.54, 1.807) is 0 Å². The molecular weight excluding hydrogens is 254 g/mol. The molecule has 4 nitrogen and oxygen atoms in total. The van der Waals surface area contributed by atoms with Crippen molar-refractivity contribution in [1.29, 1.82) is 0 Å². The largest absolute Gasteiger partial charge is 0.481 e. The molecule has 0 spiro atoms. The molecular formula is C16H29NO3. The zero-order valence-corrected chi connectivity index (χ0v) is 12.4. The van der Waals surface area contributed by atoms with Crippen LogP contribution in [0, 0.1) is 11.8 Å². The second-order valence-electron chi connectivity index (χ2n) is 6.81. The van der Waals surface area contributed by atoms with Crippen molar-refractivity contribution < 1.29 is 15.0 Å². The van der Waals surface area contributed by atoms with Crippen molar-refractivity contribution >= 4 is 5.97 Å². The summed E-state index contributed by atoms with van der Waals surface area (Å²) in [5, 5.41) is 22.8. The molecule has 2 aliphatic carbocycles. The first kappa shape index (κ1) is 15.8. The molecule has 4 heteroatoms. The Morgan fingerprint density at radius 2 is 1.75 bits per heavy atom. The number of hydrogen-bond acceptors (Lipinski definition) is 3. The summed E-state index contributed by atoms with van der Waals surface area (Å²) >= 11 is 0. The number of hydrogen-bond donors (Lipinski definition) is 3. The van der Waals surface area contributed by atoms with Gasteiger partial charge in [-0.3, -0.25) is 4.79 Å². The molecule has 0 amide bonds. The molecule has 0 atom stereocenters. The van der Waals surface area contributed by atoms with E-state index in [4.69, 9.17) is 5.11 Å². The summed E-state index contributed by atoms with van der Waals surface area (Å²) in [5.74, 6) is -0.0940. The summed E-state index contributed by atoms with van der Waals surface area (Å²) in [4.78, 5) is 10.9. The third-order valence-electron chi connectivity index (χ3n) is 5.17. The summed E-state index contributed by atoms with van der Waals surface area (Å²) in [5.41, 5.74) is -0.682. The van der Waals surface area contributed by atoms with Gasteiger partial charge in [0.05, 0.1) is 11.5 Å². The molecule has 0 aromatic heterocycles. The maximum absolute atomic E-state index is 10.9. The minimum Gasteiger partial charge on any atom is -0.481 e. The fourth-order valence-electron chi connectivity index (χ4n) is 3.68. The highest BCUT2D eigenvalue weighted by atomic mass is 16.4. The van der Waals surface area contributed by atoms with Gasteiger partial charge in [0, 0.05) is 6.54 Å². The van der Waals surface area contributed by atoms with Gasteiger partial charge in [-0.05, 0) is 44.6 Å². The fraction of sp³-hybridized carbons (Fsp3) is 0.938. The van der Waals surface area contributed by atoms with Gasteiger partial charge in [-0.15, -0.1) is 0 Å². The lowest BCUT2D eigenvalue weighted by molar-refractivity contribution is -0.144. The van der Waals surface area contributed by atoms with Crippen LogP contribution in [-0.2, 0) is 4.79 Å². The van der Waals surface area contributed by atoms with Crippen LogP contribution in [0.1, 0.15) is 64.2 Å². The highest BCUT2D eigenvalue weighted by Gasteiger charge is 2.35. The van der Waals surface area contributed by atoms with Gasteiger partial charge in [0.2, 0.25) is 0 Å². The smallest absolute Gasteiger partial charge is 0.306 e. The Morgan fingerprint density at radius 1 is 1.10 bits per heavy atom. The first-order valence-electron chi connectivity index (χ1n) is 8.25. The van der Waals surface area contributed by atoms with E-state index in [0.29, 0.717) is 32.2 Å². The molecule has 0 aliphatic heterocycles. The van der Waals surface area contributed by atoms with Crippen LogP contribution in [0.4, 0.5) is 0 Å². The molecule has 2 rings (SSSR count). The standard InChI is InChI=1S/C16H29NO3/c18-15(19)14-6-9-16(20,10-7-14)12-17-11-8-13-4-2-1-3-5-13/h13-14,17,20H,1-12H2,(H,18,19). The van der Waals surface area contributed by atoms with Crippen molar-refractivity contribution in [2.75, 3.05) is 13.1 Å². The predicted octanol–water partition coefficient (Wildman–Crippen LogP) is 2.55. The fourth-order valence-corrected chi connectivity index (χ4v) is 3.68. The molecule has 0 heterocycles. The van der Waals surface area contributed by atoms with Crippen molar-refractivity contribution in [3.05, 3.63) is 0 Å². The Hall–Kier alpha value is -0.610. The molecule has 116 valence electrons. The van der Waals surface area contributed by atoms with Gasteiger partial charge in [0.25, 0.3) is 0 Å². The second-order valence-corrected chi connectivity index (χ2v) is 6.81. The summed E-state index contributed by atoms with van der Waals surface area (Å²) in [7, 11) is 0. The lowest BCUT2D eigenvalue weighted by atomic mass is 9.79. The molecule has 20 heavy (non-hydrogen) atoms. The van der Waals surface area contributed by atoms with E-state index in [2.05, 4.69) is 5.32 Å². The van der Waals surface area contributed by atoms with Crippen molar-refractivity contribution in [2.45, 2.75) is 69.8 Å². The van der Waals surface area contributed by atoms with Crippen LogP contribution >= 0.6 is 0 Å². The van der Waals surface area contributed by atoms with E-state index in [0.717, 1.165) is 12.5 Å². The number of carboxylic acids is 1. The molecule has 2 saturated carbocycles. The summed E-state index contributed by atoms with van der Waals surface area (Å²) < 4.78 is 0. The molecule has 0 aromatic carbocycles. The van der Waals surface area contributed by atoms with E-state index < -0.39 is 11.6 Å². The van der Waals surface area contributed by atoms with Crippen molar-refractivity contribution in [3.63, 3.8) is 0 Å². The molecule has 3 N–H and O–H groups in total. The average molecular weight is 283 g/mol. The zero-order chi connectivity index (χ0) is 14.4. The number of aliphatic hydroxyl groups is 1. The highest BCUT2D eigenvalue weighted by Crippen LogP contribution is 2.32. The van der Waals surface area contributed by atoms with Gasteiger partial charge in [0.15, 0.2) is 0 Å². The predicted molar refractivity (Wildman–Crippen MR) is 78.6 cm³/mol. The van der Waals surface area contributed by atoms with Crippen molar-refractivity contribution in [2.24, 2.45) is 11.8 Å². The van der Waals surface area contributed by atoms with Gasteiger partial charge < -0.3 is 15.5 Å². The summed E-state index contributed by atoms with van der Waals surface area (Å²) in [6.45, 7) is 1.60. The molecule has 0 bridgehead atoms. The molecule has 2 aliphatic rings. The van der Waals surface area contributed by atoms with Crippen molar-refractivity contribution in [3.8, 4) is 0 Å². The number of carboxylic acid groups (broad SMARTS) is 1. The summed E-state index contributed by atoms with van der Waals surface area (Å²) in [6, 6.07) is 0. The topological polar surface area (TPSA) is 69.6 Å². The number of nitrogens with one attached hydrogen (secondary N) is 1. The van der Waals surface area contributed by atoms with Crippen LogP contribution in [0.15, 0.2) is 0 Å². The van der Waals surface area contributed by atoms with Gasteiger partial charge in [-0.1, -0.05) is 32.1 Å². The van der Waals surface area contributed by atoms with Crippen LogP contribution in [0.25, 0.3) is 0 Å². The third kappa shape index (κ3) is 4.74. The maximum atomic E-state index is 10.9. The second kappa shape index (κ2) is 7.41. The van der Waals surface area contributed by atoms with Gasteiger partial charge >= 0.3 is 5.97 Å². The van der Waals surface area contributed by atoms with E-state index in [1.165, 1.54) is 38.5 Å². The van der Waals surface area contributed by atoms with E-state index >= 15 is 0 Å². The monoisotopic (exact) mass is 283 g/mol. The Kier molecular flexibility index (Phi) is 5.85. The van der Waals surface area contributed by atoms with E-state index in [1.807, 2.05) is 0 Å². The molecule has 0 radical (unpaired) electrons. The highest BCUT2D eigenvalue weighted by molar-refractivity contribution is 5.70. The van der Waals surface area contributed by atoms with Crippen LogP contribution in [0.3, 0.4) is 0 Å². The van der Waals surface area contributed by atoms with Gasteiger partial charge in [-0.2, -0.15) is 0 Å². The average Bonchev–Trinajstić information content (AvgIpc) is 2.45. The Morgan fingerprint density at radius 3 is 2.35 bits per heavy atom. The quantitative estimate of drug-likeness (QED) is 0.655. The molecule has 0 aromatic rings. The SMILES string of the molecule is O=C(O)C1CCC(O)(CNCCC2CCCCC2)CC1. The lowest BCUT2D eigenvalue weighted by Gasteiger charge is -2.35. The van der Waals surface area contributed by atoms with Crippen LogP contribution in [-0.4, -0.2) is 34.9 Å². The molecule has 0 unspecified atom stereocenters. The minimum absolute atomic E-state index is 0.252. The minimum atomic E-state index is -0.711. The Labute approximate surface area is 122 Å². The third-order valence-corrected chi connectivity index (χ3v) is 5.17. The molecule has 2 fully saturated rings.